The minimum Gasteiger partial charge on any atom is -0.342 e. The van der Waals surface area contributed by atoms with E-state index in [1.807, 2.05) is 40.1 Å². The van der Waals surface area contributed by atoms with Crippen LogP contribution in [0.5, 0.6) is 0 Å². The van der Waals surface area contributed by atoms with Crippen LogP contribution in [0.25, 0.3) is 0 Å². The molecule has 4 rings (SSSR count). The highest BCUT2D eigenvalue weighted by molar-refractivity contribution is 5.96. The minimum atomic E-state index is -0.677. The number of rotatable bonds is 7. The van der Waals surface area contributed by atoms with Gasteiger partial charge in [0.2, 0.25) is 11.8 Å². The molecule has 0 bridgehead atoms. The number of likely N-dealkylation sites (tertiary alicyclic amines) is 2. The second-order valence-corrected chi connectivity index (χ2v) is 9.72. The van der Waals surface area contributed by atoms with Gasteiger partial charge in [-0.25, -0.2) is 0 Å². The van der Waals surface area contributed by atoms with Gasteiger partial charge in [-0.2, -0.15) is 0 Å². The van der Waals surface area contributed by atoms with E-state index in [1.54, 1.807) is 4.90 Å². The van der Waals surface area contributed by atoms with Gasteiger partial charge in [0, 0.05) is 38.3 Å². The zero-order chi connectivity index (χ0) is 23.3. The highest BCUT2D eigenvalue weighted by Crippen LogP contribution is 2.39. The zero-order valence-corrected chi connectivity index (χ0v) is 20.0. The normalized spacial score (nSPS) is 20.6. The first-order valence-corrected chi connectivity index (χ1v) is 12.7. The number of benzene rings is 1. The Bertz CT molecular complexity index is 829. The van der Waals surface area contributed by atoms with Crippen LogP contribution >= 0.6 is 0 Å². The SMILES string of the molecule is CCCCCC(=O)N1CCC2(CC1)C(=O)N(CC(=O)N1CCCCC1)CN2c1ccccc1. The van der Waals surface area contributed by atoms with Crippen LogP contribution < -0.4 is 4.90 Å². The molecule has 3 fully saturated rings. The lowest BCUT2D eigenvalue weighted by molar-refractivity contribution is -0.142. The van der Waals surface area contributed by atoms with Crippen molar-refractivity contribution in [3.63, 3.8) is 0 Å². The Morgan fingerprint density at radius 3 is 2.21 bits per heavy atom. The molecule has 3 aliphatic heterocycles. The van der Waals surface area contributed by atoms with E-state index >= 15 is 0 Å². The fourth-order valence-electron chi connectivity index (χ4n) is 5.54. The third-order valence-corrected chi connectivity index (χ3v) is 7.55. The van der Waals surface area contributed by atoms with E-state index in [9.17, 15) is 14.4 Å². The van der Waals surface area contributed by atoms with E-state index in [-0.39, 0.29) is 24.3 Å². The van der Waals surface area contributed by atoms with Gasteiger partial charge in [-0.1, -0.05) is 38.0 Å². The molecule has 1 aromatic rings. The Morgan fingerprint density at radius 2 is 1.55 bits per heavy atom. The topological polar surface area (TPSA) is 64.2 Å². The van der Waals surface area contributed by atoms with Gasteiger partial charge in [0.1, 0.15) is 12.1 Å². The van der Waals surface area contributed by atoms with E-state index in [2.05, 4.69) is 11.8 Å². The number of piperidine rings is 2. The summed E-state index contributed by atoms with van der Waals surface area (Å²) in [5, 5.41) is 0. The molecule has 3 aliphatic rings. The third kappa shape index (κ3) is 5.02. The van der Waals surface area contributed by atoms with E-state index in [0.717, 1.165) is 50.9 Å². The lowest BCUT2D eigenvalue weighted by atomic mass is 9.85. The van der Waals surface area contributed by atoms with Gasteiger partial charge in [-0.05, 0) is 50.7 Å². The second kappa shape index (κ2) is 10.6. The van der Waals surface area contributed by atoms with Crippen LogP contribution in [0.15, 0.2) is 30.3 Å². The van der Waals surface area contributed by atoms with E-state index in [0.29, 0.717) is 39.0 Å². The van der Waals surface area contributed by atoms with Gasteiger partial charge in [-0.15, -0.1) is 0 Å². The van der Waals surface area contributed by atoms with Gasteiger partial charge < -0.3 is 19.6 Å². The van der Waals surface area contributed by atoms with Crippen molar-refractivity contribution >= 4 is 23.4 Å². The van der Waals surface area contributed by atoms with E-state index in [4.69, 9.17) is 0 Å². The molecule has 0 aliphatic carbocycles. The zero-order valence-electron chi connectivity index (χ0n) is 20.0. The molecule has 0 aromatic heterocycles. The maximum Gasteiger partial charge on any atom is 0.250 e. The average molecular weight is 455 g/mol. The van der Waals surface area contributed by atoms with Gasteiger partial charge in [0.25, 0.3) is 5.91 Å². The van der Waals surface area contributed by atoms with Gasteiger partial charge in [-0.3, -0.25) is 14.4 Å². The molecule has 0 N–H and O–H groups in total. The van der Waals surface area contributed by atoms with Crippen LogP contribution in [-0.4, -0.2) is 77.4 Å². The highest BCUT2D eigenvalue weighted by Gasteiger charge is 2.54. The summed E-state index contributed by atoms with van der Waals surface area (Å²) in [7, 11) is 0. The quantitative estimate of drug-likeness (QED) is 0.594. The molecule has 0 radical (unpaired) electrons. The summed E-state index contributed by atoms with van der Waals surface area (Å²) in [5.74, 6) is 0.290. The van der Waals surface area contributed by atoms with Crippen molar-refractivity contribution in [2.75, 3.05) is 44.3 Å². The molecule has 1 aromatic carbocycles. The highest BCUT2D eigenvalue weighted by atomic mass is 16.2. The Morgan fingerprint density at radius 1 is 0.879 bits per heavy atom. The van der Waals surface area contributed by atoms with Gasteiger partial charge >= 0.3 is 0 Å². The van der Waals surface area contributed by atoms with Crippen LogP contribution in [0.3, 0.4) is 0 Å². The van der Waals surface area contributed by atoms with Gasteiger partial charge in [0.05, 0.1) is 6.67 Å². The van der Waals surface area contributed by atoms with Crippen molar-refractivity contribution in [3.8, 4) is 0 Å². The Hall–Kier alpha value is -2.57. The number of carbonyl (C=O) groups excluding carboxylic acids is 3. The molecular formula is C26H38N4O3. The number of amides is 3. The molecule has 3 saturated heterocycles. The largest absolute Gasteiger partial charge is 0.342 e. The maximum atomic E-state index is 13.8. The number of hydrogen-bond donors (Lipinski definition) is 0. The summed E-state index contributed by atoms with van der Waals surface area (Å²) in [6.07, 6.45) is 8.16. The molecular weight excluding hydrogens is 416 g/mol. The molecule has 180 valence electrons. The lowest BCUT2D eigenvalue weighted by Crippen LogP contribution is -2.57. The second-order valence-electron chi connectivity index (χ2n) is 9.72. The monoisotopic (exact) mass is 454 g/mol. The molecule has 7 heteroatoms. The van der Waals surface area contributed by atoms with Crippen molar-refractivity contribution in [3.05, 3.63) is 30.3 Å². The van der Waals surface area contributed by atoms with Crippen molar-refractivity contribution in [2.45, 2.75) is 70.3 Å². The van der Waals surface area contributed by atoms with Crippen molar-refractivity contribution < 1.29 is 14.4 Å². The summed E-state index contributed by atoms with van der Waals surface area (Å²) in [5.41, 5.74) is 0.325. The first kappa shape index (κ1) is 23.6. The van der Waals surface area contributed by atoms with Crippen molar-refractivity contribution in [1.29, 1.82) is 0 Å². The fourth-order valence-corrected chi connectivity index (χ4v) is 5.54. The molecule has 0 saturated carbocycles. The van der Waals surface area contributed by atoms with Crippen LogP contribution in [-0.2, 0) is 14.4 Å². The molecule has 0 atom stereocenters. The Balaban J connectivity index is 1.48. The summed E-state index contributed by atoms with van der Waals surface area (Å²) >= 11 is 0. The summed E-state index contributed by atoms with van der Waals surface area (Å²) < 4.78 is 0. The average Bonchev–Trinajstić information content (AvgIpc) is 3.11. The van der Waals surface area contributed by atoms with Crippen LogP contribution in [0, 0.1) is 0 Å². The molecule has 0 unspecified atom stereocenters. The first-order valence-electron chi connectivity index (χ1n) is 12.7. The van der Waals surface area contributed by atoms with E-state index < -0.39 is 5.54 Å². The molecule has 33 heavy (non-hydrogen) atoms. The van der Waals surface area contributed by atoms with Crippen LogP contribution in [0.1, 0.15) is 64.7 Å². The lowest BCUT2D eigenvalue weighted by Gasteiger charge is -2.43. The smallest absolute Gasteiger partial charge is 0.250 e. The van der Waals surface area contributed by atoms with Crippen molar-refractivity contribution in [1.82, 2.24) is 14.7 Å². The standard InChI is InChI=1S/C26H38N4O3/c1-2-3-6-13-23(31)28-18-14-26(15-19-28)25(33)29(20-24(32)27-16-9-5-10-17-27)21-30(26)22-11-7-4-8-12-22/h4,7-8,11-12H,2-3,5-6,9-10,13-21H2,1H3. The molecule has 1 spiro atoms. The van der Waals surface area contributed by atoms with Crippen LogP contribution in [0.4, 0.5) is 5.69 Å². The molecule has 3 amide bonds. The Labute approximate surface area is 197 Å². The predicted octanol–water partition coefficient (Wildman–Crippen LogP) is 3.25. The number of unbranched alkanes of at least 4 members (excludes halogenated alkanes) is 2. The number of nitrogens with zero attached hydrogens (tertiary/aromatic N) is 4. The summed E-state index contributed by atoms with van der Waals surface area (Å²) in [6.45, 7) is 5.48. The number of hydrogen-bond acceptors (Lipinski definition) is 4. The third-order valence-electron chi connectivity index (χ3n) is 7.55. The predicted molar refractivity (Wildman–Crippen MR) is 129 cm³/mol. The number of carbonyl (C=O) groups is 3. The van der Waals surface area contributed by atoms with Crippen LogP contribution in [0.2, 0.25) is 0 Å². The first-order chi connectivity index (χ1) is 16.0. The minimum absolute atomic E-state index is 0.0368. The summed E-state index contributed by atoms with van der Waals surface area (Å²) in [6, 6.07) is 10.0. The summed E-state index contributed by atoms with van der Waals surface area (Å²) in [4.78, 5) is 47.1. The fraction of sp³-hybridized carbons (Fsp3) is 0.654. The van der Waals surface area contributed by atoms with Crippen molar-refractivity contribution in [2.24, 2.45) is 0 Å². The number of anilines is 1. The molecule has 7 nitrogen and oxygen atoms in total. The van der Waals surface area contributed by atoms with Gasteiger partial charge in [0.15, 0.2) is 0 Å². The van der Waals surface area contributed by atoms with E-state index in [1.165, 1.54) is 6.42 Å². The maximum absolute atomic E-state index is 13.8. The molecule has 3 heterocycles. The Kier molecular flexibility index (Phi) is 7.56. The number of para-hydroxylation sites is 1.